The highest BCUT2D eigenvalue weighted by atomic mass is 35.5. The molecule has 0 amide bonds. The summed E-state index contributed by atoms with van der Waals surface area (Å²) in [5.74, 6) is 1.34. The summed E-state index contributed by atoms with van der Waals surface area (Å²) in [6.07, 6.45) is 0. The number of hydrogen-bond donors (Lipinski definition) is 1. The molecule has 0 radical (unpaired) electrons. The standard InChI is InChI=1S/C12H21ClN4O/c1-5-18-8-12-15-10(13)6-11(16-12)14-7-9(2)17(3)4/h6,9H,5,7-8H2,1-4H3,(H,14,15,16). The molecule has 102 valence electrons. The molecule has 0 saturated carbocycles. The number of aromatic nitrogens is 2. The molecule has 0 bridgehead atoms. The number of nitrogens with zero attached hydrogens (tertiary/aromatic N) is 3. The number of likely N-dealkylation sites (N-methyl/N-ethyl adjacent to an activating group) is 1. The van der Waals surface area contributed by atoms with Crippen LogP contribution in [0.1, 0.15) is 19.7 Å². The lowest BCUT2D eigenvalue weighted by Gasteiger charge is -2.20. The summed E-state index contributed by atoms with van der Waals surface area (Å²) in [4.78, 5) is 10.6. The van der Waals surface area contributed by atoms with Gasteiger partial charge in [0, 0.05) is 25.3 Å². The number of rotatable bonds is 7. The molecule has 0 aliphatic rings. The molecule has 0 spiro atoms. The highest BCUT2D eigenvalue weighted by molar-refractivity contribution is 6.29. The smallest absolute Gasteiger partial charge is 0.158 e. The van der Waals surface area contributed by atoms with E-state index in [4.69, 9.17) is 16.3 Å². The van der Waals surface area contributed by atoms with Crippen LogP contribution in [0.3, 0.4) is 0 Å². The Bertz CT molecular complexity index is 373. The van der Waals surface area contributed by atoms with Crippen LogP contribution in [0.15, 0.2) is 6.07 Å². The first kappa shape index (κ1) is 15.1. The first-order valence-electron chi connectivity index (χ1n) is 6.04. The van der Waals surface area contributed by atoms with Crippen molar-refractivity contribution in [1.82, 2.24) is 14.9 Å². The summed E-state index contributed by atoms with van der Waals surface area (Å²) in [5.41, 5.74) is 0. The van der Waals surface area contributed by atoms with Crippen LogP contribution in [0.5, 0.6) is 0 Å². The maximum Gasteiger partial charge on any atom is 0.158 e. The van der Waals surface area contributed by atoms with E-state index in [0.717, 1.165) is 12.4 Å². The number of ether oxygens (including phenoxy) is 1. The predicted molar refractivity (Wildman–Crippen MR) is 74.0 cm³/mol. The van der Waals surface area contributed by atoms with Gasteiger partial charge in [0.15, 0.2) is 5.82 Å². The summed E-state index contributed by atoms with van der Waals surface area (Å²) < 4.78 is 5.27. The second-order valence-electron chi connectivity index (χ2n) is 4.32. The normalized spacial score (nSPS) is 12.8. The van der Waals surface area contributed by atoms with E-state index in [1.807, 2.05) is 21.0 Å². The first-order chi connectivity index (χ1) is 8.52. The molecule has 1 aromatic heterocycles. The molecule has 6 heteroatoms. The van der Waals surface area contributed by atoms with Gasteiger partial charge in [-0.25, -0.2) is 9.97 Å². The van der Waals surface area contributed by atoms with Crippen molar-refractivity contribution in [3.8, 4) is 0 Å². The molecule has 1 rings (SSSR count). The lowest BCUT2D eigenvalue weighted by atomic mass is 10.3. The van der Waals surface area contributed by atoms with E-state index in [9.17, 15) is 0 Å². The Morgan fingerprint density at radius 1 is 1.44 bits per heavy atom. The molecule has 1 aromatic rings. The van der Waals surface area contributed by atoms with Gasteiger partial charge in [-0.05, 0) is 27.9 Å². The average Bonchev–Trinajstić information content (AvgIpc) is 2.32. The van der Waals surface area contributed by atoms with E-state index in [1.54, 1.807) is 6.07 Å². The Kier molecular flexibility index (Phi) is 6.32. The van der Waals surface area contributed by atoms with Crippen molar-refractivity contribution in [2.45, 2.75) is 26.5 Å². The monoisotopic (exact) mass is 272 g/mol. The van der Waals surface area contributed by atoms with Gasteiger partial charge in [0.2, 0.25) is 0 Å². The van der Waals surface area contributed by atoms with Crippen molar-refractivity contribution < 1.29 is 4.74 Å². The minimum Gasteiger partial charge on any atom is -0.374 e. The van der Waals surface area contributed by atoms with E-state index in [-0.39, 0.29) is 0 Å². The molecular formula is C12H21ClN4O. The first-order valence-corrected chi connectivity index (χ1v) is 6.42. The SMILES string of the molecule is CCOCc1nc(Cl)cc(NCC(C)N(C)C)n1. The van der Waals surface area contributed by atoms with Gasteiger partial charge in [-0.15, -0.1) is 0 Å². The van der Waals surface area contributed by atoms with Crippen LogP contribution in [0.25, 0.3) is 0 Å². The molecule has 5 nitrogen and oxygen atoms in total. The topological polar surface area (TPSA) is 50.3 Å². The fourth-order valence-corrected chi connectivity index (χ4v) is 1.45. The van der Waals surface area contributed by atoms with Crippen LogP contribution >= 0.6 is 11.6 Å². The Morgan fingerprint density at radius 2 is 2.17 bits per heavy atom. The number of anilines is 1. The summed E-state index contributed by atoms with van der Waals surface area (Å²) in [5, 5.41) is 3.68. The zero-order valence-corrected chi connectivity index (χ0v) is 12.2. The maximum absolute atomic E-state index is 5.95. The van der Waals surface area contributed by atoms with Crippen LogP contribution < -0.4 is 5.32 Å². The van der Waals surface area contributed by atoms with Crippen LogP contribution in [0.4, 0.5) is 5.82 Å². The minimum atomic E-state index is 0.384. The van der Waals surface area contributed by atoms with Gasteiger partial charge >= 0.3 is 0 Å². The van der Waals surface area contributed by atoms with Crippen molar-refractivity contribution >= 4 is 17.4 Å². The third-order valence-electron chi connectivity index (χ3n) is 2.64. The van der Waals surface area contributed by atoms with E-state index in [1.165, 1.54) is 0 Å². The van der Waals surface area contributed by atoms with E-state index in [2.05, 4.69) is 27.1 Å². The third-order valence-corrected chi connectivity index (χ3v) is 2.83. The quantitative estimate of drug-likeness (QED) is 0.770. The highest BCUT2D eigenvalue weighted by Crippen LogP contribution is 2.12. The number of halogens is 1. The molecule has 0 fully saturated rings. The van der Waals surface area contributed by atoms with Crippen molar-refractivity contribution in [3.63, 3.8) is 0 Å². The molecule has 0 aliphatic heterocycles. The van der Waals surface area contributed by atoms with Crippen LogP contribution in [0.2, 0.25) is 5.15 Å². The van der Waals surface area contributed by atoms with Crippen molar-refractivity contribution in [1.29, 1.82) is 0 Å². The van der Waals surface area contributed by atoms with Crippen LogP contribution in [-0.2, 0) is 11.3 Å². The van der Waals surface area contributed by atoms with Gasteiger partial charge in [-0.2, -0.15) is 0 Å². The van der Waals surface area contributed by atoms with Crippen LogP contribution in [0, 0.1) is 0 Å². The Labute approximate surface area is 114 Å². The Morgan fingerprint density at radius 3 is 2.78 bits per heavy atom. The molecule has 0 aliphatic carbocycles. The summed E-state index contributed by atoms with van der Waals surface area (Å²) in [6.45, 7) is 5.89. The molecule has 0 saturated heterocycles. The molecule has 18 heavy (non-hydrogen) atoms. The van der Waals surface area contributed by atoms with Gasteiger partial charge in [0.1, 0.15) is 17.6 Å². The van der Waals surface area contributed by atoms with Gasteiger partial charge < -0.3 is 15.0 Å². The Hall–Kier alpha value is -0.910. The number of nitrogens with one attached hydrogen (secondary N) is 1. The largest absolute Gasteiger partial charge is 0.374 e. The van der Waals surface area contributed by atoms with Crippen molar-refractivity contribution in [3.05, 3.63) is 17.0 Å². The fourth-order valence-electron chi connectivity index (χ4n) is 1.25. The van der Waals surface area contributed by atoms with E-state index in [0.29, 0.717) is 30.2 Å². The third kappa shape index (κ3) is 5.16. The zero-order valence-electron chi connectivity index (χ0n) is 11.4. The van der Waals surface area contributed by atoms with Crippen molar-refractivity contribution in [2.24, 2.45) is 0 Å². The highest BCUT2D eigenvalue weighted by Gasteiger charge is 2.07. The predicted octanol–water partition coefficient (Wildman–Crippen LogP) is 2.03. The van der Waals surface area contributed by atoms with Gasteiger partial charge in [-0.1, -0.05) is 11.6 Å². The average molecular weight is 273 g/mol. The number of hydrogen-bond acceptors (Lipinski definition) is 5. The van der Waals surface area contributed by atoms with Crippen molar-refractivity contribution in [2.75, 3.05) is 32.6 Å². The van der Waals surface area contributed by atoms with Gasteiger partial charge in [-0.3, -0.25) is 0 Å². The minimum absolute atomic E-state index is 0.384. The Balaban J connectivity index is 2.62. The molecule has 1 N–H and O–H groups in total. The summed E-state index contributed by atoms with van der Waals surface area (Å²) in [6, 6.07) is 2.13. The summed E-state index contributed by atoms with van der Waals surface area (Å²) >= 11 is 5.95. The van der Waals surface area contributed by atoms with Gasteiger partial charge in [0.25, 0.3) is 0 Å². The molecular weight excluding hydrogens is 252 g/mol. The fraction of sp³-hybridized carbons (Fsp3) is 0.667. The molecule has 1 unspecified atom stereocenters. The zero-order chi connectivity index (χ0) is 13.5. The van der Waals surface area contributed by atoms with E-state index >= 15 is 0 Å². The summed E-state index contributed by atoms with van der Waals surface area (Å²) in [7, 11) is 4.08. The second-order valence-corrected chi connectivity index (χ2v) is 4.71. The lowest BCUT2D eigenvalue weighted by Crippen LogP contribution is -2.31. The molecule has 0 aromatic carbocycles. The lowest BCUT2D eigenvalue weighted by molar-refractivity contribution is 0.128. The van der Waals surface area contributed by atoms with Gasteiger partial charge in [0.05, 0.1) is 0 Å². The second kappa shape index (κ2) is 7.51. The maximum atomic E-state index is 5.95. The van der Waals surface area contributed by atoms with Crippen LogP contribution in [-0.4, -0.2) is 48.2 Å². The molecule has 1 heterocycles. The molecule has 1 atom stereocenters. The van der Waals surface area contributed by atoms with E-state index < -0.39 is 0 Å².